The molecule has 1 aliphatic carbocycles. The number of hydrogen-bond acceptors (Lipinski definition) is 3. The van der Waals surface area contributed by atoms with E-state index in [1.807, 2.05) is 13.1 Å². The minimum atomic E-state index is -0.317. The van der Waals surface area contributed by atoms with Crippen molar-refractivity contribution in [1.29, 1.82) is 0 Å². The van der Waals surface area contributed by atoms with E-state index in [9.17, 15) is 5.11 Å². The van der Waals surface area contributed by atoms with Crippen molar-refractivity contribution in [3.05, 3.63) is 29.3 Å². The standard InChI is InChI=1S/C15H23NO2/c1-11-7-8-14(12(9-11)10-16-2)18-15-6-4-3-5-13(15)17/h7-9,13,15-17H,3-6,10H2,1-2H3. The normalized spacial score (nSPS) is 23.9. The Labute approximate surface area is 109 Å². The van der Waals surface area contributed by atoms with Crippen molar-refractivity contribution < 1.29 is 9.84 Å². The third-order valence-electron chi connectivity index (χ3n) is 3.53. The van der Waals surface area contributed by atoms with Crippen LogP contribution < -0.4 is 10.1 Å². The second-order valence-electron chi connectivity index (χ2n) is 5.15. The van der Waals surface area contributed by atoms with E-state index in [2.05, 4.69) is 24.4 Å². The summed E-state index contributed by atoms with van der Waals surface area (Å²) < 4.78 is 6.02. The third kappa shape index (κ3) is 3.24. The van der Waals surface area contributed by atoms with Crippen LogP contribution in [0.1, 0.15) is 36.8 Å². The van der Waals surface area contributed by atoms with Crippen molar-refractivity contribution >= 4 is 0 Å². The Morgan fingerprint density at radius 2 is 2.11 bits per heavy atom. The van der Waals surface area contributed by atoms with Crippen LogP contribution >= 0.6 is 0 Å². The van der Waals surface area contributed by atoms with Crippen LogP contribution in [0, 0.1) is 6.92 Å². The fraction of sp³-hybridized carbons (Fsp3) is 0.600. The molecule has 2 rings (SSSR count). The van der Waals surface area contributed by atoms with E-state index < -0.39 is 0 Å². The molecule has 0 spiro atoms. The Balaban J connectivity index is 2.11. The van der Waals surface area contributed by atoms with E-state index in [1.165, 1.54) is 5.56 Å². The summed E-state index contributed by atoms with van der Waals surface area (Å²) in [6, 6.07) is 6.22. The van der Waals surface area contributed by atoms with Crippen LogP contribution in [0.3, 0.4) is 0 Å². The van der Waals surface area contributed by atoms with Gasteiger partial charge in [0, 0.05) is 12.1 Å². The second kappa shape index (κ2) is 6.21. The van der Waals surface area contributed by atoms with Crippen LogP contribution in [0.4, 0.5) is 0 Å². The number of hydrogen-bond donors (Lipinski definition) is 2. The average molecular weight is 249 g/mol. The van der Waals surface area contributed by atoms with Gasteiger partial charge in [-0.3, -0.25) is 0 Å². The van der Waals surface area contributed by atoms with Gasteiger partial charge >= 0.3 is 0 Å². The first-order chi connectivity index (χ1) is 8.70. The Morgan fingerprint density at radius 3 is 2.83 bits per heavy atom. The molecule has 2 N–H and O–H groups in total. The largest absolute Gasteiger partial charge is 0.487 e. The molecule has 0 radical (unpaired) electrons. The monoisotopic (exact) mass is 249 g/mol. The summed E-state index contributed by atoms with van der Waals surface area (Å²) in [7, 11) is 1.93. The molecular formula is C15H23NO2. The van der Waals surface area contributed by atoms with E-state index in [-0.39, 0.29) is 12.2 Å². The number of aryl methyl sites for hydroxylation is 1. The summed E-state index contributed by atoms with van der Waals surface area (Å²) in [6.45, 7) is 2.87. The topological polar surface area (TPSA) is 41.5 Å². The predicted molar refractivity (Wildman–Crippen MR) is 72.8 cm³/mol. The van der Waals surface area contributed by atoms with Gasteiger partial charge in [0.05, 0.1) is 6.10 Å². The van der Waals surface area contributed by atoms with Crippen LogP contribution in [-0.4, -0.2) is 24.4 Å². The molecule has 100 valence electrons. The van der Waals surface area contributed by atoms with Gasteiger partial charge in [-0.1, -0.05) is 24.1 Å². The summed E-state index contributed by atoms with van der Waals surface area (Å²) in [5.74, 6) is 0.904. The van der Waals surface area contributed by atoms with E-state index in [1.54, 1.807) is 0 Å². The number of nitrogens with one attached hydrogen (secondary N) is 1. The highest BCUT2D eigenvalue weighted by Crippen LogP contribution is 2.27. The molecule has 1 fully saturated rings. The maximum Gasteiger partial charge on any atom is 0.124 e. The van der Waals surface area contributed by atoms with Gasteiger partial charge in [-0.25, -0.2) is 0 Å². The molecule has 0 amide bonds. The second-order valence-corrected chi connectivity index (χ2v) is 5.15. The summed E-state index contributed by atoms with van der Waals surface area (Å²) in [6.07, 6.45) is 3.71. The van der Waals surface area contributed by atoms with Gasteiger partial charge in [0.2, 0.25) is 0 Å². The van der Waals surface area contributed by atoms with Crippen molar-refractivity contribution in [2.24, 2.45) is 0 Å². The van der Waals surface area contributed by atoms with Crippen molar-refractivity contribution in [3.63, 3.8) is 0 Å². The summed E-state index contributed by atoms with van der Waals surface area (Å²) in [5, 5.41) is 13.1. The molecule has 3 heteroatoms. The Hall–Kier alpha value is -1.06. The highest BCUT2D eigenvalue weighted by atomic mass is 16.5. The van der Waals surface area contributed by atoms with Crippen LogP contribution in [0.25, 0.3) is 0 Å². The molecular weight excluding hydrogens is 226 g/mol. The maximum absolute atomic E-state index is 9.97. The highest BCUT2D eigenvalue weighted by molar-refractivity contribution is 5.37. The zero-order valence-corrected chi connectivity index (χ0v) is 11.3. The molecule has 0 heterocycles. The van der Waals surface area contributed by atoms with Crippen LogP contribution in [0.2, 0.25) is 0 Å². The lowest BCUT2D eigenvalue weighted by atomic mass is 9.94. The Kier molecular flexibility index (Phi) is 4.61. The molecule has 1 saturated carbocycles. The van der Waals surface area contributed by atoms with Crippen molar-refractivity contribution in [2.75, 3.05) is 7.05 Å². The van der Waals surface area contributed by atoms with Gasteiger partial charge in [-0.2, -0.15) is 0 Å². The van der Waals surface area contributed by atoms with Crippen LogP contribution in [0.15, 0.2) is 18.2 Å². The molecule has 18 heavy (non-hydrogen) atoms. The highest BCUT2D eigenvalue weighted by Gasteiger charge is 2.25. The lowest BCUT2D eigenvalue weighted by Gasteiger charge is -2.29. The summed E-state index contributed by atoms with van der Waals surface area (Å²) in [4.78, 5) is 0. The molecule has 1 aromatic carbocycles. The predicted octanol–water partition coefficient (Wildman–Crippen LogP) is 2.40. The first-order valence-corrected chi connectivity index (χ1v) is 6.79. The zero-order chi connectivity index (χ0) is 13.0. The molecule has 3 nitrogen and oxygen atoms in total. The van der Waals surface area contributed by atoms with E-state index in [0.29, 0.717) is 0 Å². The van der Waals surface area contributed by atoms with Gasteiger partial charge in [0.1, 0.15) is 11.9 Å². The van der Waals surface area contributed by atoms with Crippen molar-refractivity contribution in [2.45, 2.75) is 51.4 Å². The average Bonchev–Trinajstić information content (AvgIpc) is 2.35. The molecule has 2 unspecified atom stereocenters. The summed E-state index contributed by atoms with van der Waals surface area (Å²) >= 11 is 0. The number of aliphatic hydroxyl groups excluding tert-OH is 1. The molecule has 2 atom stereocenters. The molecule has 1 aliphatic rings. The van der Waals surface area contributed by atoms with Gasteiger partial charge < -0.3 is 15.2 Å². The first kappa shape index (κ1) is 13.4. The summed E-state index contributed by atoms with van der Waals surface area (Å²) in [5.41, 5.74) is 2.40. The first-order valence-electron chi connectivity index (χ1n) is 6.79. The maximum atomic E-state index is 9.97. The molecule has 1 aromatic rings. The number of rotatable bonds is 4. The number of aliphatic hydroxyl groups is 1. The van der Waals surface area contributed by atoms with Crippen molar-refractivity contribution in [3.8, 4) is 5.75 Å². The van der Waals surface area contributed by atoms with E-state index in [4.69, 9.17) is 4.74 Å². The quantitative estimate of drug-likeness (QED) is 0.861. The van der Waals surface area contributed by atoms with Crippen LogP contribution in [-0.2, 0) is 6.54 Å². The minimum Gasteiger partial charge on any atom is -0.487 e. The van der Waals surface area contributed by atoms with Gasteiger partial charge in [-0.15, -0.1) is 0 Å². The fourth-order valence-electron chi connectivity index (χ4n) is 2.53. The smallest absolute Gasteiger partial charge is 0.124 e. The number of ether oxygens (including phenoxy) is 1. The molecule has 0 saturated heterocycles. The Bertz CT molecular complexity index is 392. The molecule has 0 aliphatic heterocycles. The Morgan fingerprint density at radius 1 is 1.33 bits per heavy atom. The van der Waals surface area contributed by atoms with Gasteiger partial charge in [0.15, 0.2) is 0 Å². The third-order valence-corrected chi connectivity index (χ3v) is 3.53. The van der Waals surface area contributed by atoms with Gasteiger partial charge in [-0.05, 0) is 39.3 Å². The lowest BCUT2D eigenvalue weighted by molar-refractivity contribution is 0.00636. The van der Waals surface area contributed by atoms with Crippen LogP contribution in [0.5, 0.6) is 5.75 Å². The van der Waals surface area contributed by atoms with Crippen molar-refractivity contribution in [1.82, 2.24) is 5.32 Å². The fourth-order valence-corrected chi connectivity index (χ4v) is 2.53. The molecule has 0 aromatic heterocycles. The SMILES string of the molecule is CNCc1cc(C)ccc1OC1CCCCC1O. The molecule has 0 bridgehead atoms. The van der Waals surface area contributed by atoms with E-state index in [0.717, 1.165) is 43.5 Å². The lowest BCUT2D eigenvalue weighted by Crippen LogP contribution is -2.35. The van der Waals surface area contributed by atoms with Gasteiger partial charge in [0.25, 0.3) is 0 Å². The minimum absolute atomic E-state index is 0.0444. The number of benzene rings is 1. The zero-order valence-electron chi connectivity index (χ0n) is 11.3. The van der Waals surface area contributed by atoms with E-state index >= 15 is 0 Å².